The van der Waals surface area contributed by atoms with Crippen molar-refractivity contribution >= 4 is 83.0 Å². The third kappa shape index (κ3) is 3.84. The zero-order chi connectivity index (χ0) is 29.9. The molecule has 6 aromatic carbocycles. The predicted molar refractivity (Wildman–Crippen MR) is 193 cm³/mol. The normalized spacial score (nSPS) is 12.6. The van der Waals surface area contributed by atoms with Gasteiger partial charge < -0.3 is 13.7 Å². The molecule has 9 rings (SSSR count). The number of nitrogens with zero attached hydrogens (tertiary/aromatic N) is 3. The molecule has 0 radical (unpaired) electrons. The van der Waals surface area contributed by atoms with Crippen LogP contribution in [0, 0.1) is 0 Å². The second kappa shape index (κ2) is 10.0. The molecule has 3 heterocycles. The van der Waals surface area contributed by atoms with Gasteiger partial charge in [-0.2, -0.15) is 0 Å². The molecule has 0 aliphatic heterocycles. The highest BCUT2D eigenvalue weighted by Gasteiger charge is 2.16. The van der Waals surface area contributed by atoms with E-state index >= 15 is 0 Å². The van der Waals surface area contributed by atoms with Crippen LogP contribution in [0.1, 0.15) is 0 Å². The molecular formula is C42H29N3. The van der Waals surface area contributed by atoms with Crippen LogP contribution >= 0.6 is 0 Å². The van der Waals surface area contributed by atoms with Crippen molar-refractivity contribution in [3.63, 3.8) is 0 Å². The standard InChI is InChI=1S/C42H29N3/c1-29(44-39-22-10-4-16-33(39)34-17-5-11-23-40(34)44)28-30(45-41-24-12-6-18-35(41)36-19-7-13-25-42(36)45)26-27-43-37-20-8-2-14-31(37)32-15-3-9-21-38(32)43/h2-28H,1H2/b27-26+,30-28+. The van der Waals surface area contributed by atoms with Gasteiger partial charge in [-0.15, -0.1) is 0 Å². The molecule has 0 bridgehead atoms. The van der Waals surface area contributed by atoms with Crippen molar-refractivity contribution in [2.24, 2.45) is 0 Å². The van der Waals surface area contributed by atoms with Crippen molar-refractivity contribution in [3.05, 3.63) is 164 Å². The molecule has 3 heteroatoms. The van der Waals surface area contributed by atoms with E-state index in [0.29, 0.717) is 0 Å². The molecule has 0 spiro atoms. The Morgan fingerprint density at radius 1 is 0.400 bits per heavy atom. The number of hydrogen-bond acceptors (Lipinski definition) is 0. The number of aromatic nitrogens is 3. The molecule has 0 N–H and O–H groups in total. The summed E-state index contributed by atoms with van der Waals surface area (Å²) in [4.78, 5) is 0. The summed E-state index contributed by atoms with van der Waals surface area (Å²) in [6.45, 7) is 4.68. The Hall–Kier alpha value is -6.06. The molecule has 0 aliphatic carbocycles. The van der Waals surface area contributed by atoms with E-state index in [2.05, 4.69) is 184 Å². The van der Waals surface area contributed by atoms with Crippen LogP contribution < -0.4 is 0 Å². The molecule has 212 valence electrons. The van der Waals surface area contributed by atoms with E-state index in [4.69, 9.17) is 0 Å². The Morgan fingerprint density at radius 2 is 0.711 bits per heavy atom. The van der Waals surface area contributed by atoms with Gasteiger partial charge in [0.15, 0.2) is 0 Å². The lowest BCUT2D eigenvalue weighted by molar-refractivity contribution is 1.20. The lowest BCUT2D eigenvalue weighted by Gasteiger charge is -2.13. The van der Waals surface area contributed by atoms with Crippen molar-refractivity contribution in [3.8, 4) is 0 Å². The predicted octanol–water partition coefficient (Wildman–Crippen LogP) is 11.2. The number of benzene rings is 6. The first-order valence-electron chi connectivity index (χ1n) is 15.3. The van der Waals surface area contributed by atoms with E-state index in [9.17, 15) is 0 Å². The summed E-state index contributed by atoms with van der Waals surface area (Å²) in [7, 11) is 0. The minimum atomic E-state index is 0.899. The Morgan fingerprint density at radius 3 is 1.11 bits per heavy atom. The fourth-order valence-electron chi connectivity index (χ4n) is 7.12. The molecule has 3 nitrogen and oxygen atoms in total. The Bertz CT molecular complexity index is 2510. The van der Waals surface area contributed by atoms with Crippen LogP contribution in [0.15, 0.2) is 164 Å². The monoisotopic (exact) mass is 575 g/mol. The highest BCUT2D eigenvalue weighted by molar-refractivity contribution is 6.13. The minimum absolute atomic E-state index is 0.899. The third-order valence-corrected chi connectivity index (χ3v) is 9.03. The van der Waals surface area contributed by atoms with Gasteiger partial charge >= 0.3 is 0 Å². The van der Waals surface area contributed by atoms with Crippen molar-refractivity contribution in [1.29, 1.82) is 0 Å². The van der Waals surface area contributed by atoms with Crippen molar-refractivity contribution in [2.75, 3.05) is 0 Å². The van der Waals surface area contributed by atoms with Crippen LogP contribution in [-0.4, -0.2) is 13.7 Å². The van der Waals surface area contributed by atoms with Crippen molar-refractivity contribution < 1.29 is 0 Å². The van der Waals surface area contributed by atoms with Gasteiger partial charge in [0.2, 0.25) is 0 Å². The van der Waals surface area contributed by atoms with E-state index in [1.807, 2.05) is 0 Å². The molecular weight excluding hydrogens is 546 g/mol. The largest absolute Gasteiger partial charge is 0.316 e. The van der Waals surface area contributed by atoms with Crippen molar-refractivity contribution in [1.82, 2.24) is 13.7 Å². The van der Waals surface area contributed by atoms with Crippen LogP contribution in [-0.2, 0) is 0 Å². The topological polar surface area (TPSA) is 14.8 Å². The maximum Gasteiger partial charge on any atom is 0.0541 e. The molecule has 45 heavy (non-hydrogen) atoms. The van der Waals surface area contributed by atoms with Crippen LogP contribution in [0.3, 0.4) is 0 Å². The SMILES string of the molecule is C=C(/C=C(\C=C\n1c2ccccc2c2ccccc21)n1c2ccccc2c2ccccc21)n1c2ccccc2c2ccccc21. The van der Waals surface area contributed by atoms with E-state index < -0.39 is 0 Å². The molecule has 9 aromatic rings. The number of fused-ring (bicyclic) bond motifs is 9. The van der Waals surface area contributed by atoms with Gasteiger partial charge in [-0.05, 0) is 48.6 Å². The fourth-order valence-corrected chi connectivity index (χ4v) is 7.12. The zero-order valence-corrected chi connectivity index (χ0v) is 24.6. The summed E-state index contributed by atoms with van der Waals surface area (Å²) in [5.74, 6) is 0. The van der Waals surface area contributed by atoms with Gasteiger partial charge in [-0.3, -0.25) is 0 Å². The van der Waals surface area contributed by atoms with Gasteiger partial charge in [0.25, 0.3) is 0 Å². The number of hydrogen-bond donors (Lipinski definition) is 0. The van der Waals surface area contributed by atoms with Gasteiger partial charge in [-0.1, -0.05) is 116 Å². The molecule has 0 saturated carbocycles. The molecule has 0 fully saturated rings. The third-order valence-electron chi connectivity index (χ3n) is 9.03. The van der Waals surface area contributed by atoms with Gasteiger partial charge in [-0.25, -0.2) is 0 Å². The van der Waals surface area contributed by atoms with Crippen LogP contribution in [0.4, 0.5) is 0 Å². The number of para-hydroxylation sites is 6. The quantitative estimate of drug-likeness (QED) is 0.181. The van der Waals surface area contributed by atoms with Crippen LogP contribution in [0.25, 0.3) is 83.0 Å². The molecule has 0 unspecified atom stereocenters. The summed E-state index contributed by atoms with van der Waals surface area (Å²) >= 11 is 0. The smallest absolute Gasteiger partial charge is 0.0541 e. The summed E-state index contributed by atoms with van der Waals surface area (Å²) in [6, 6.07) is 51.7. The first-order chi connectivity index (χ1) is 22.3. The van der Waals surface area contributed by atoms with E-state index in [0.717, 1.165) is 33.5 Å². The van der Waals surface area contributed by atoms with E-state index in [1.54, 1.807) is 0 Å². The summed E-state index contributed by atoms with van der Waals surface area (Å²) < 4.78 is 6.95. The molecule has 0 aliphatic rings. The number of allylic oxidation sites excluding steroid dienone is 4. The Kier molecular flexibility index (Phi) is 5.66. The van der Waals surface area contributed by atoms with Crippen molar-refractivity contribution in [2.45, 2.75) is 0 Å². The summed E-state index contributed by atoms with van der Waals surface area (Å²) in [5.41, 5.74) is 8.90. The first kappa shape index (κ1) is 25.4. The second-order valence-corrected chi connectivity index (χ2v) is 11.5. The van der Waals surface area contributed by atoms with Crippen LogP contribution in [0.5, 0.6) is 0 Å². The first-order valence-corrected chi connectivity index (χ1v) is 15.3. The average Bonchev–Trinajstić information content (AvgIpc) is 3.73. The maximum absolute atomic E-state index is 4.68. The Balaban J connectivity index is 1.33. The summed E-state index contributed by atoms with van der Waals surface area (Å²) in [5, 5.41) is 7.40. The van der Waals surface area contributed by atoms with E-state index in [1.165, 1.54) is 43.4 Å². The molecule has 3 aromatic heterocycles. The van der Waals surface area contributed by atoms with Gasteiger partial charge in [0.05, 0.1) is 33.1 Å². The number of rotatable bonds is 5. The average molecular weight is 576 g/mol. The highest BCUT2D eigenvalue weighted by atomic mass is 15.0. The second-order valence-electron chi connectivity index (χ2n) is 11.5. The minimum Gasteiger partial charge on any atom is -0.316 e. The van der Waals surface area contributed by atoms with Gasteiger partial charge in [0.1, 0.15) is 0 Å². The van der Waals surface area contributed by atoms with Crippen LogP contribution in [0.2, 0.25) is 0 Å². The Labute approximate surface area is 260 Å². The van der Waals surface area contributed by atoms with Gasteiger partial charge in [0, 0.05) is 49.9 Å². The molecule has 0 atom stereocenters. The van der Waals surface area contributed by atoms with E-state index in [-0.39, 0.29) is 0 Å². The lowest BCUT2D eigenvalue weighted by Crippen LogP contribution is -1.99. The molecule has 0 amide bonds. The molecule has 0 saturated heterocycles. The highest BCUT2D eigenvalue weighted by Crippen LogP contribution is 2.36. The maximum atomic E-state index is 4.68. The lowest BCUT2D eigenvalue weighted by atomic mass is 10.2. The summed E-state index contributed by atoms with van der Waals surface area (Å²) in [6.07, 6.45) is 6.66. The fraction of sp³-hybridized carbons (Fsp3) is 0. The zero-order valence-electron chi connectivity index (χ0n) is 24.6.